The number of hydrogen-bond donors (Lipinski definition) is 0. The topological polar surface area (TPSA) is 34.1 Å². The van der Waals surface area contributed by atoms with E-state index in [1.807, 2.05) is 30.3 Å². The van der Waals surface area contributed by atoms with Crippen molar-refractivity contribution in [3.8, 4) is 11.5 Å². The summed E-state index contributed by atoms with van der Waals surface area (Å²) in [6.45, 7) is 2.80. The fourth-order valence-corrected chi connectivity index (χ4v) is 2.82. The average Bonchev–Trinajstić information content (AvgIpc) is 3.00. The molecule has 22 heavy (non-hydrogen) atoms. The van der Waals surface area contributed by atoms with Gasteiger partial charge in [-0.25, -0.2) is 4.99 Å². The van der Waals surface area contributed by atoms with E-state index in [1.165, 1.54) is 0 Å². The summed E-state index contributed by atoms with van der Waals surface area (Å²) in [6, 6.07) is 14.2. The fraction of sp³-hybridized carbons (Fsp3) is 0.167. The van der Waals surface area contributed by atoms with Crippen LogP contribution in [0.1, 0.15) is 11.1 Å². The number of aliphatic imine (C=N–C) groups is 1. The summed E-state index contributed by atoms with van der Waals surface area (Å²) in [5, 5.41) is 0. The van der Waals surface area contributed by atoms with Crippen LogP contribution in [0.15, 0.2) is 59.5 Å². The standard InChI is InChI=1S/C18H16N2O2/c1-12-4-3-5-16-18(12)22-11-17-19-15(10-20(16)17)13-6-8-14(21-2)9-7-13/h3-9,11H,10H2,1-2H3. The van der Waals surface area contributed by atoms with Crippen molar-refractivity contribution >= 4 is 11.4 Å². The summed E-state index contributed by atoms with van der Waals surface area (Å²) in [6.07, 6.45) is 1.73. The maximum atomic E-state index is 5.76. The number of para-hydroxylation sites is 1. The van der Waals surface area contributed by atoms with Gasteiger partial charge in [0.2, 0.25) is 0 Å². The molecule has 2 aromatic rings. The second-order valence-electron chi connectivity index (χ2n) is 5.39. The molecule has 0 N–H and O–H groups in total. The Morgan fingerprint density at radius 1 is 1.14 bits per heavy atom. The monoisotopic (exact) mass is 292 g/mol. The summed E-state index contributed by atoms with van der Waals surface area (Å²) >= 11 is 0. The first kappa shape index (κ1) is 13.0. The Balaban J connectivity index is 1.68. The van der Waals surface area contributed by atoms with Crippen molar-refractivity contribution in [1.29, 1.82) is 0 Å². The van der Waals surface area contributed by atoms with E-state index in [-0.39, 0.29) is 0 Å². The highest BCUT2D eigenvalue weighted by Crippen LogP contribution is 2.39. The first-order chi connectivity index (χ1) is 10.8. The molecular formula is C18H16N2O2. The molecule has 0 fully saturated rings. The van der Waals surface area contributed by atoms with Crippen LogP contribution in [0, 0.1) is 6.92 Å². The first-order valence-corrected chi connectivity index (χ1v) is 7.22. The van der Waals surface area contributed by atoms with Crippen molar-refractivity contribution in [2.45, 2.75) is 6.92 Å². The van der Waals surface area contributed by atoms with Crippen molar-refractivity contribution in [3.63, 3.8) is 0 Å². The van der Waals surface area contributed by atoms with Gasteiger partial charge in [0.1, 0.15) is 12.0 Å². The van der Waals surface area contributed by atoms with E-state index in [0.29, 0.717) is 0 Å². The lowest BCUT2D eigenvalue weighted by molar-refractivity contribution is 0.415. The van der Waals surface area contributed by atoms with E-state index < -0.39 is 0 Å². The van der Waals surface area contributed by atoms with Crippen LogP contribution in [-0.4, -0.2) is 19.4 Å². The van der Waals surface area contributed by atoms with Gasteiger partial charge < -0.3 is 14.4 Å². The quantitative estimate of drug-likeness (QED) is 0.849. The van der Waals surface area contributed by atoms with E-state index in [0.717, 1.165) is 46.4 Å². The zero-order valence-corrected chi connectivity index (χ0v) is 12.5. The van der Waals surface area contributed by atoms with E-state index in [1.54, 1.807) is 13.4 Å². The summed E-state index contributed by atoms with van der Waals surface area (Å²) in [7, 11) is 1.67. The molecule has 0 radical (unpaired) electrons. The fourth-order valence-electron chi connectivity index (χ4n) is 2.82. The molecule has 0 saturated carbocycles. The summed E-state index contributed by atoms with van der Waals surface area (Å²) in [5.41, 5.74) is 4.34. The lowest BCUT2D eigenvalue weighted by atomic mass is 10.1. The molecule has 4 rings (SSSR count). The molecule has 0 bridgehead atoms. The van der Waals surface area contributed by atoms with E-state index in [9.17, 15) is 0 Å². The number of anilines is 1. The van der Waals surface area contributed by atoms with Gasteiger partial charge in [0, 0.05) is 0 Å². The highest BCUT2D eigenvalue weighted by Gasteiger charge is 2.29. The Hall–Kier alpha value is -2.75. The predicted molar refractivity (Wildman–Crippen MR) is 86.8 cm³/mol. The predicted octanol–water partition coefficient (Wildman–Crippen LogP) is 3.50. The largest absolute Gasteiger partial charge is 0.497 e. The van der Waals surface area contributed by atoms with E-state index in [2.05, 4.69) is 24.0 Å². The molecule has 110 valence electrons. The molecule has 2 aliphatic rings. The Morgan fingerprint density at radius 2 is 1.95 bits per heavy atom. The van der Waals surface area contributed by atoms with Crippen LogP contribution in [0.25, 0.3) is 0 Å². The van der Waals surface area contributed by atoms with Crippen LogP contribution in [0.2, 0.25) is 0 Å². The van der Waals surface area contributed by atoms with Gasteiger partial charge in [-0.05, 0) is 48.4 Å². The SMILES string of the molecule is COc1ccc(C2=NC3=COc4c(C)cccc4N3C2)cc1. The van der Waals surface area contributed by atoms with Crippen LogP contribution in [-0.2, 0) is 0 Å². The van der Waals surface area contributed by atoms with Crippen LogP contribution in [0.3, 0.4) is 0 Å². The van der Waals surface area contributed by atoms with Gasteiger partial charge in [0.05, 0.1) is 25.1 Å². The van der Waals surface area contributed by atoms with Gasteiger partial charge in [-0.1, -0.05) is 12.1 Å². The molecule has 0 spiro atoms. The molecule has 0 amide bonds. The Bertz CT molecular complexity index is 791. The molecule has 0 unspecified atom stereocenters. The highest BCUT2D eigenvalue weighted by molar-refractivity contribution is 6.07. The zero-order chi connectivity index (χ0) is 15.1. The van der Waals surface area contributed by atoms with Crippen molar-refractivity contribution in [3.05, 3.63) is 65.7 Å². The van der Waals surface area contributed by atoms with Crippen LogP contribution in [0.5, 0.6) is 11.5 Å². The number of hydrogen-bond acceptors (Lipinski definition) is 4. The second kappa shape index (κ2) is 4.91. The summed E-state index contributed by atoms with van der Waals surface area (Å²) < 4.78 is 11.0. The van der Waals surface area contributed by atoms with Crippen molar-refractivity contribution in [2.75, 3.05) is 18.6 Å². The van der Waals surface area contributed by atoms with Gasteiger partial charge in [-0.15, -0.1) is 0 Å². The van der Waals surface area contributed by atoms with Gasteiger partial charge >= 0.3 is 0 Å². The lowest BCUT2D eigenvalue weighted by Gasteiger charge is -2.26. The minimum absolute atomic E-state index is 0.748. The van der Waals surface area contributed by atoms with E-state index >= 15 is 0 Å². The van der Waals surface area contributed by atoms with Gasteiger partial charge in [0.15, 0.2) is 11.6 Å². The van der Waals surface area contributed by atoms with Gasteiger partial charge in [-0.2, -0.15) is 0 Å². The maximum Gasteiger partial charge on any atom is 0.169 e. The molecule has 0 atom stereocenters. The van der Waals surface area contributed by atoms with Crippen LogP contribution < -0.4 is 14.4 Å². The van der Waals surface area contributed by atoms with Crippen molar-refractivity contribution in [2.24, 2.45) is 4.99 Å². The number of fused-ring (bicyclic) bond motifs is 3. The minimum Gasteiger partial charge on any atom is -0.497 e. The maximum absolute atomic E-state index is 5.76. The molecular weight excluding hydrogens is 276 g/mol. The molecule has 2 aromatic carbocycles. The van der Waals surface area contributed by atoms with Crippen LogP contribution >= 0.6 is 0 Å². The summed E-state index contributed by atoms with van der Waals surface area (Å²) in [4.78, 5) is 6.89. The third kappa shape index (κ3) is 1.96. The smallest absolute Gasteiger partial charge is 0.169 e. The number of ether oxygens (including phenoxy) is 2. The normalized spacial score (nSPS) is 15.5. The Morgan fingerprint density at radius 3 is 2.73 bits per heavy atom. The zero-order valence-electron chi connectivity index (χ0n) is 12.5. The molecule has 0 saturated heterocycles. The van der Waals surface area contributed by atoms with Crippen molar-refractivity contribution < 1.29 is 9.47 Å². The third-order valence-corrected chi connectivity index (χ3v) is 4.02. The van der Waals surface area contributed by atoms with E-state index in [4.69, 9.17) is 14.5 Å². The molecule has 0 aromatic heterocycles. The summed E-state index contributed by atoms with van der Waals surface area (Å²) in [5.74, 6) is 2.62. The number of methoxy groups -OCH3 is 1. The molecule has 4 heteroatoms. The number of benzene rings is 2. The molecule has 2 aliphatic heterocycles. The number of aryl methyl sites for hydroxylation is 1. The minimum atomic E-state index is 0.748. The van der Waals surface area contributed by atoms with Crippen LogP contribution in [0.4, 0.5) is 5.69 Å². The highest BCUT2D eigenvalue weighted by atomic mass is 16.5. The Kier molecular flexibility index (Phi) is 2.89. The molecule has 4 nitrogen and oxygen atoms in total. The Labute approximate surface area is 129 Å². The lowest BCUT2D eigenvalue weighted by Crippen LogP contribution is -2.25. The number of rotatable bonds is 2. The second-order valence-corrected chi connectivity index (χ2v) is 5.39. The average molecular weight is 292 g/mol. The number of nitrogens with zero attached hydrogens (tertiary/aromatic N) is 2. The third-order valence-electron chi connectivity index (χ3n) is 4.02. The molecule has 2 heterocycles. The molecule has 0 aliphatic carbocycles. The van der Waals surface area contributed by atoms with Crippen molar-refractivity contribution in [1.82, 2.24) is 0 Å². The van der Waals surface area contributed by atoms with Gasteiger partial charge in [-0.3, -0.25) is 0 Å². The first-order valence-electron chi connectivity index (χ1n) is 7.22. The van der Waals surface area contributed by atoms with Gasteiger partial charge in [0.25, 0.3) is 0 Å².